The molecule has 0 aromatic carbocycles. The molecule has 0 N–H and O–H groups in total. The highest BCUT2D eigenvalue weighted by molar-refractivity contribution is 9.10. The van der Waals surface area contributed by atoms with Crippen LogP contribution in [0.15, 0.2) is 0 Å². The maximum atomic E-state index is 11.2. The Hall–Kier alpha value is -0.180. The van der Waals surface area contributed by atoms with Crippen molar-refractivity contribution in [2.45, 2.75) is 37.4 Å². The van der Waals surface area contributed by atoms with Crippen molar-refractivity contribution in [3.8, 4) is 0 Å². The van der Waals surface area contributed by atoms with Crippen LogP contribution >= 0.6 is 15.9 Å². The van der Waals surface area contributed by atoms with Crippen molar-refractivity contribution in [1.29, 1.82) is 0 Å². The molecule has 1 atom stereocenters. The molecule has 0 aliphatic rings. The first-order valence-corrected chi connectivity index (χ1v) is 4.58. The van der Waals surface area contributed by atoms with Gasteiger partial charge < -0.3 is 4.79 Å². The Bertz CT molecular complexity index is 156. The number of hydrogen-bond acceptors (Lipinski definition) is 2. The van der Waals surface area contributed by atoms with Crippen LogP contribution in [0.25, 0.3) is 0 Å². The molecule has 11 heavy (non-hydrogen) atoms. The Labute approximate surface area is 75.5 Å². The summed E-state index contributed by atoms with van der Waals surface area (Å²) in [5, 5.41) is 0. The number of rotatable bonds is 5. The van der Waals surface area contributed by atoms with E-state index in [-0.39, 0.29) is 5.78 Å². The molecule has 0 radical (unpaired) electrons. The first kappa shape index (κ1) is 10.8. The predicted molar refractivity (Wildman–Crippen MR) is 47.9 cm³/mol. The third-order valence-electron chi connectivity index (χ3n) is 1.59. The molecular weight excluding hydrogens is 208 g/mol. The van der Waals surface area contributed by atoms with E-state index in [1.165, 1.54) is 0 Å². The van der Waals surface area contributed by atoms with Gasteiger partial charge in [0.25, 0.3) is 0 Å². The van der Waals surface area contributed by atoms with E-state index in [2.05, 4.69) is 15.9 Å². The highest BCUT2D eigenvalue weighted by Crippen LogP contribution is 2.24. The highest BCUT2D eigenvalue weighted by Gasteiger charge is 2.32. The van der Waals surface area contributed by atoms with Gasteiger partial charge in [0.15, 0.2) is 5.78 Å². The van der Waals surface area contributed by atoms with E-state index in [1.807, 2.05) is 6.92 Å². The van der Waals surface area contributed by atoms with Crippen molar-refractivity contribution in [1.82, 2.24) is 0 Å². The van der Waals surface area contributed by atoms with Gasteiger partial charge in [-0.3, -0.25) is 4.79 Å². The third kappa shape index (κ3) is 2.73. The van der Waals surface area contributed by atoms with E-state index in [0.717, 1.165) is 6.42 Å². The lowest BCUT2D eigenvalue weighted by Gasteiger charge is -2.16. The van der Waals surface area contributed by atoms with Gasteiger partial charge in [-0.2, -0.15) is 0 Å². The van der Waals surface area contributed by atoms with Crippen molar-refractivity contribution < 1.29 is 9.59 Å². The van der Waals surface area contributed by atoms with Crippen molar-refractivity contribution in [2.24, 2.45) is 0 Å². The first-order chi connectivity index (χ1) is 5.10. The van der Waals surface area contributed by atoms with Gasteiger partial charge in [0, 0.05) is 6.42 Å². The van der Waals surface area contributed by atoms with Crippen molar-refractivity contribution in [3.63, 3.8) is 0 Å². The summed E-state index contributed by atoms with van der Waals surface area (Å²) in [5.74, 6) is -0.0330. The zero-order valence-electron chi connectivity index (χ0n) is 6.89. The maximum Gasteiger partial charge on any atom is 0.156 e. The van der Waals surface area contributed by atoms with Gasteiger partial charge in [0.2, 0.25) is 0 Å². The predicted octanol–water partition coefficient (Wildman–Crippen LogP) is 2.10. The quantitative estimate of drug-likeness (QED) is 0.404. The summed E-state index contributed by atoms with van der Waals surface area (Å²) in [4.78, 5) is 21.7. The molecule has 64 valence electrons. The van der Waals surface area contributed by atoms with Crippen LogP contribution in [0.2, 0.25) is 0 Å². The van der Waals surface area contributed by atoms with E-state index in [4.69, 9.17) is 0 Å². The first-order valence-electron chi connectivity index (χ1n) is 3.79. The van der Waals surface area contributed by atoms with E-state index in [1.54, 1.807) is 6.92 Å². The molecule has 0 rings (SSSR count). The number of carbonyl (C=O) groups is 2. The molecule has 0 saturated heterocycles. The zero-order chi connectivity index (χ0) is 8.91. The summed E-state index contributed by atoms with van der Waals surface area (Å²) in [6, 6.07) is 0. The van der Waals surface area contributed by atoms with Crippen LogP contribution in [-0.2, 0) is 9.59 Å². The average Bonchev–Trinajstić information content (AvgIpc) is 2.03. The minimum atomic E-state index is -0.906. The lowest BCUT2D eigenvalue weighted by Crippen LogP contribution is -2.32. The van der Waals surface area contributed by atoms with Crippen LogP contribution in [0.3, 0.4) is 0 Å². The number of halogens is 1. The molecule has 1 unspecified atom stereocenters. The molecule has 0 saturated carbocycles. The Balaban J connectivity index is 4.31. The molecule has 0 heterocycles. The lowest BCUT2D eigenvalue weighted by molar-refractivity contribution is -0.125. The fourth-order valence-corrected chi connectivity index (χ4v) is 1.60. The molecule has 0 aliphatic carbocycles. The van der Waals surface area contributed by atoms with Crippen LogP contribution in [0, 0.1) is 0 Å². The van der Waals surface area contributed by atoms with Gasteiger partial charge in [0.05, 0.1) is 0 Å². The Morgan fingerprint density at radius 1 is 1.55 bits per heavy atom. The van der Waals surface area contributed by atoms with Crippen LogP contribution < -0.4 is 0 Å². The van der Waals surface area contributed by atoms with Gasteiger partial charge in [-0.15, -0.1) is 0 Å². The largest absolute Gasteiger partial charge is 0.301 e. The summed E-state index contributed by atoms with van der Waals surface area (Å²) in [7, 11) is 0. The van der Waals surface area contributed by atoms with Gasteiger partial charge in [0.1, 0.15) is 10.6 Å². The molecule has 0 aromatic heterocycles. The molecule has 0 bridgehead atoms. The van der Waals surface area contributed by atoms with Crippen LogP contribution in [0.5, 0.6) is 0 Å². The normalized spacial score (nSPS) is 15.5. The van der Waals surface area contributed by atoms with Gasteiger partial charge in [-0.1, -0.05) is 36.2 Å². The fourth-order valence-electron chi connectivity index (χ4n) is 0.922. The summed E-state index contributed by atoms with van der Waals surface area (Å²) in [5.41, 5.74) is 0. The number of carbonyl (C=O) groups excluding carboxylic acids is 2. The molecule has 0 aliphatic heterocycles. The molecule has 0 spiro atoms. The summed E-state index contributed by atoms with van der Waals surface area (Å²) in [6.45, 7) is 3.71. The Kier molecular flexibility index (Phi) is 4.57. The summed E-state index contributed by atoms with van der Waals surface area (Å²) < 4.78 is -0.906. The summed E-state index contributed by atoms with van der Waals surface area (Å²) >= 11 is 3.15. The zero-order valence-corrected chi connectivity index (χ0v) is 8.48. The monoisotopic (exact) mass is 220 g/mol. The lowest BCUT2D eigenvalue weighted by atomic mass is 9.98. The Morgan fingerprint density at radius 3 is 2.36 bits per heavy atom. The van der Waals surface area contributed by atoms with Gasteiger partial charge in [-0.05, 0) is 6.42 Å². The van der Waals surface area contributed by atoms with Crippen LogP contribution in [-0.4, -0.2) is 16.4 Å². The third-order valence-corrected chi connectivity index (χ3v) is 2.61. The minimum Gasteiger partial charge on any atom is -0.301 e. The second-order valence-corrected chi connectivity index (χ2v) is 3.92. The standard InChI is InChI=1S/C8H13BrO2/c1-3-5-8(9,6-10)7(11)4-2/h6H,3-5H2,1-2H3. The average molecular weight is 221 g/mol. The molecule has 2 nitrogen and oxygen atoms in total. The maximum absolute atomic E-state index is 11.2. The smallest absolute Gasteiger partial charge is 0.156 e. The molecular formula is C8H13BrO2. The molecule has 3 heteroatoms. The number of alkyl halides is 1. The van der Waals surface area contributed by atoms with E-state index in [0.29, 0.717) is 19.1 Å². The number of Topliss-reactive ketones (excluding diaryl/α,β-unsaturated/α-hetero) is 1. The van der Waals surface area contributed by atoms with Crippen LogP contribution in [0.4, 0.5) is 0 Å². The minimum absolute atomic E-state index is 0.0330. The van der Waals surface area contributed by atoms with Crippen molar-refractivity contribution in [2.75, 3.05) is 0 Å². The topological polar surface area (TPSA) is 34.1 Å². The van der Waals surface area contributed by atoms with Crippen molar-refractivity contribution >= 4 is 28.0 Å². The van der Waals surface area contributed by atoms with Gasteiger partial charge >= 0.3 is 0 Å². The van der Waals surface area contributed by atoms with E-state index < -0.39 is 4.32 Å². The van der Waals surface area contributed by atoms with E-state index >= 15 is 0 Å². The number of hydrogen-bond donors (Lipinski definition) is 0. The number of aldehydes is 1. The highest BCUT2D eigenvalue weighted by atomic mass is 79.9. The van der Waals surface area contributed by atoms with Gasteiger partial charge in [-0.25, -0.2) is 0 Å². The van der Waals surface area contributed by atoms with E-state index in [9.17, 15) is 9.59 Å². The summed E-state index contributed by atoms with van der Waals surface area (Å²) in [6.07, 6.45) is 2.52. The van der Waals surface area contributed by atoms with Crippen LogP contribution in [0.1, 0.15) is 33.1 Å². The second kappa shape index (κ2) is 4.65. The fraction of sp³-hybridized carbons (Fsp3) is 0.750. The van der Waals surface area contributed by atoms with Crippen molar-refractivity contribution in [3.05, 3.63) is 0 Å². The SMILES string of the molecule is CCCC(Br)(C=O)C(=O)CC. The Morgan fingerprint density at radius 2 is 2.09 bits per heavy atom. The molecule has 0 aromatic rings. The number of ketones is 1. The molecule has 0 amide bonds. The molecule has 0 fully saturated rings. The second-order valence-electron chi connectivity index (χ2n) is 2.51.